The molecule has 3 heteroatoms. The van der Waals surface area contributed by atoms with E-state index in [-0.39, 0.29) is 0 Å². The van der Waals surface area contributed by atoms with Crippen LogP contribution in [0.25, 0.3) is 0 Å². The number of ketones is 3. The highest BCUT2D eigenvalue weighted by molar-refractivity contribution is 6.67. The summed E-state index contributed by atoms with van der Waals surface area (Å²) in [5, 5.41) is 0. The molecule has 1 rings (SSSR count). The van der Waals surface area contributed by atoms with Crippen molar-refractivity contribution in [2.24, 2.45) is 5.92 Å². The summed E-state index contributed by atoms with van der Waals surface area (Å²) in [7, 11) is 0. The molecule has 0 saturated carbocycles. The molecule has 0 N–H and O–H groups in total. The molecule has 0 aromatic carbocycles. The van der Waals surface area contributed by atoms with Gasteiger partial charge in [-0.2, -0.15) is 0 Å². The fourth-order valence-corrected chi connectivity index (χ4v) is 0.813. The highest BCUT2D eigenvalue weighted by atomic mass is 16.2. The normalized spacial score (nSPS) is 24.0. The smallest absolute Gasteiger partial charge is 0.269 e. The minimum atomic E-state index is -0.947. The maximum atomic E-state index is 10.9. The van der Waals surface area contributed by atoms with E-state index in [9.17, 15) is 14.4 Å². The van der Waals surface area contributed by atoms with Gasteiger partial charge in [0.25, 0.3) is 5.78 Å². The quantitative estimate of drug-likeness (QED) is 0.392. The molecule has 0 radical (unpaired) electrons. The van der Waals surface area contributed by atoms with Crippen LogP contribution in [0.4, 0.5) is 0 Å². The Balaban J connectivity index is 3.02. The summed E-state index contributed by atoms with van der Waals surface area (Å²) < 4.78 is 0. The molecule has 0 saturated heterocycles. The zero-order valence-corrected chi connectivity index (χ0v) is 5.74. The predicted octanol–water partition coefficient (Wildman–Crippen LogP) is 0.0657. The van der Waals surface area contributed by atoms with Crippen molar-refractivity contribution in [2.45, 2.75) is 0 Å². The SMILES string of the molecule is C=CC1C=CC(=O)C(=O)C1=O. The third-order valence-electron chi connectivity index (χ3n) is 1.46. The number of allylic oxidation sites excluding steroid dienone is 3. The van der Waals surface area contributed by atoms with Gasteiger partial charge in [0.05, 0.1) is 5.92 Å². The number of carbonyl (C=O) groups excluding carboxylic acids is 3. The van der Waals surface area contributed by atoms with Gasteiger partial charge in [0.15, 0.2) is 0 Å². The highest BCUT2D eigenvalue weighted by Gasteiger charge is 2.29. The Morgan fingerprint density at radius 2 is 2.00 bits per heavy atom. The average molecular weight is 150 g/mol. The van der Waals surface area contributed by atoms with Crippen molar-refractivity contribution < 1.29 is 14.4 Å². The van der Waals surface area contributed by atoms with Crippen LogP contribution in [-0.4, -0.2) is 17.3 Å². The van der Waals surface area contributed by atoms with Gasteiger partial charge in [0.1, 0.15) is 0 Å². The summed E-state index contributed by atoms with van der Waals surface area (Å²) in [4.78, 5) is 32.1. The maximum Gasteiger partial charge on any atom is 0.269 e. The van der Waals surface area contributed by atoms with Crippen molar-refractivity contribution in [1.82, 2.24) is 0 Å². The fourth-order valence-electron chi connectivity index (χ4n) is 0.813. The standard InChI is InChI=1S/C8H6O3/c1-2-5-3-4-6(9)8(11)7(5)10/h2-5H,1H2. The van der Waals surface area contributed by atoms with Crippen LogP contribution in [0.5, 0.6) is 0 Å². The van der Waals surface area contributed by atoms with Gasteiger partial charge < -0.3 is 0 Å². The Morgan fingerprint density at radius 1 is 1.36 bits per heavy atom. The van der Waals surface area contributed by atoms with Gasteiger partial charge in [-0.1, -0.05) is 12.2 Å². The van der Waals surface area contributed by atoms with Gasteiger partial charge in [-0.05, 0) is 6.08 Å². The third-order valence-corrected chi connectivity index (χ3v) is 1.46. The van der Waals surface area contributed by atoms with Crippen molar-refractivity contribution >= 4 is 17.3 Å². The first-order valence-electron chi connectivity index (χ1n) is 3.10. The number of rotatable bonds is 1. The van der Waals surface area contributed by atoms with Gasteiger partial charge in [0.2, 0.25) is 11.6 Å². The van der Waals surface area contributed by atoms with Crippen LogP contribution < -0.4 is 0 Å². The van der Waals surface area contributed by atoms with Gasteiger partial charge in [-0.25, -0.2) is 0 Å². The van der Waals surface area contributed by atoms with Crippen LogP contribution in [0, 0.1) is 5.92 Å². The molecule has 0 bridgehead atoms. The third kappa shape index (κ3) is 1.17. The molecule has 0 fully saturated rings. The van der Waals surface area contributed by atoms with Crippen LogP contribution in [0.1, 0.15) is 0 Å². The molecule has 0 heterocycles. The molecule has 0 spiro atoms. The lowest BCUT2D eigenvalue weighted by Crippen LogP contribution is -2.30. The number of Topliss-reactive ketones (excluding diaryl/α,β-unsaturated/α-hetero) is 2. The minimum Gasteiger partial charge on any atom is -0.289 e. The molecular formula is C8H6O3. The van der Waals surface area contributed by atoms with Crippen molar-refractivity contribution in [3.63, 3.8) is 0 Å². The number of hydrogen-bond acceptors (Lipinski definition) is 3. The first-order valence-corrected chi connectivity index (χ1v) is 3.10. The van der Waals surface area contributed by atoms with Crippen LogP contribution in [-0.2, 0) is 14.4 Å². The molecule has 1 atom stereocenters. The lowest BCUT2D eigenvalue weighted by atomic mass is 9.93. The van der Waals surface area contributed by atoms with Crippen LogP contribution >= 0.6 is 0 Å². The molecule has 0 aromatic heterocycles. The molecule has 1 unspecified atom stereocenters. The summed E-state index contributed by atoms with van der Waals surface area (Å²) in [6, 6.07) is 0. The van der Waals surface area contributed by atoms with E-state index in [0.717, 1.165) is 6.08 Å². The largest absolute Gasteiger partial charge is 0.289 e. The average Bonchev–Trinajstić information content (AvgIpc) is 2.01. The van der Waals surface area contributed by atoms with Crippen molar-refractivity contribution in [2.75, 3.05) is 0 Å². The van der Waals surface area contributed by atoms with Crippen LogP contribution in [0.3, 0.4) is 0 Å². The van der Waals surface area contributed by atoms with E-state index >= 15 is 0 Å². The molecule has 1 aliphatic rings. The Bertz CT molecular complexity index is 273. The molecule has 0 aromatic rings. The van der Waals surface area contributed by atoms with Crippen molar-refractivity contribution in [3.05, 3.63) is 24.8 Å². The Hall–Kier alpha value is -1.51. The fraction of sp³-hybridized carbons (Fsp3) is 0.125. The lowest BCUT2D eigenvalue weighted by molar-refractivity contribution is -0.143. The summed E-state index contributed by atoms with van der Waals surface area (Å²) in [5.41, 5.74) is 0. The molecular weight excluding hydrogens is 144 g/mol. The predicted molar refractivity (Wildman–Crippen MR) is 37.8 cm³/mol. The zero-order chi connectivity index (χ0) is 8.43. The van der Waals surface area contributed by atoms with E-state index in [4.69, 9.17) is 0 Å². The second kappa shape index (κ2) is 2.62. The molecule has 11 heavy (non-hydrogen) atoms. The van der Waals surface area contributed by atoms with E-state index in [1.165, 1.54) is 12.2 Å². The van der Waals surface area contributed by atoms with Gasteiger partial charge in [-0.3, -0.25) is 14.4 Å². The second-order valence-corrected chi connectivity index (χ2v) is 2.18. The van der Waals surface area contributed by atoms with Crippen molar-refractivity contribution in [1.29, 1.82) is 0 Å². The van der Waals surface area contributed by atoms with Crippen LogP contribution in [0.15, 0.2) is 24.8 Å². The Labute approximate surface area is 63.4 Å². The van der Waals surface area contributed by atoms with E-state index in [0.29, 0.717) is 0 Å². The Morgan fingerprint density at radius 3 is 2.55 bits per heavy atom. The van der Waals surface area contributed by atoms with Gasteiger partial charge >= 0.3 is 0 Å². The molecule has 56 valence electrons. The molecule has 1 aliphatic carbocycles. The summed E-state index contributed by atoms with van der Waals surface area (Å²) in [6.07, 6.45) is 3.82. The van der Waals surface area contributed by atoms with Gasteiger partial charge in [0, 0.05) is 0 Å². The highest BCUT2D eigenvalue weighted by Crippen LogP contribution is 2.08. The van der Waals surface area contributed by atoms with Gasteiger partial charge in [-0.15, -0.1) is 6.58 Å². The first-order chi connectivity index (χ1) is 5.16. The van der Waals surface area contributed by atoms with E-state index < -0.39 is 23.3 Å². The number of carbonyl (C=O) groups is 3. The molecule has 0 aliphatic heterocycles. The zero-order valence-electron chi connectivity index (χ0n) is 5.74. The first kappa shape index (κ1) is 7.60. The van der Waals surface area contributed by atoms with Crippen LogP contribution in [0.2, 0.25) is 0 Å². The number of hydrogen-bond donors (Lipinski definition) is 0. The molecule has 3 nitrogen and oxygen atoms in total. The summed E-state index contributed by atoms with van der Waals surface area (Å²) >= 11 is 0. The lowest BCUT2D eigenvalue weighted by Gasteiger charge is -2.07. The van der Waals surface area contributed by atoms with Crippen molar-refractivity contribution in [3.8, 4) is 0 Å². The van der Waals surface area contributed by atoms with E-state index in [2.05, 4.69) is 6.58 Å². The monoisotopic (exact) mass is 150 g/mol. The van der Waals surface area contributed by atoms with E-state index in [1.807, 2.05) is 0 Å². The second-order valence-electron chi connectivity index (χ2n) is 2.18. The Kier molecular flexibility index (Phi) is 1.81. The summed E-state index contributed by atoms with van der Waals surface area (Å²) in [6.45, 7) is 3.36. The maximum absolute atomic E-state index is 10.9. The topological polar surface area (TPSA) is 51.2 Å². The minimum absolute atomic E-state index is 0.611. The van der Waals surface area contributed by atoms with E-state index in [1.54, 1.807) is 0 Å². The molecule has 0 amide bonds. The summed E-state index contributed by atoms with van der Waals surface area (Å²) in [5.74, 6) is -2.99.